The lowest BCUT2D eigenvalue weighted by molar-refractivity contribution is 0.739. The van der Waals surface area contributed by atoms with Crippen LogP contribution in [0.2, 0.25) is 0 Å². The number of nitrogens with zero attached hydrogens (tertiary/aromatic N) is 1. The van der Waals surface area contributed by atoms with E-state index in [1.54, 1.807) is 12.1 Å². The van der Waals surface area contributed by atoms with Crippen LogP contribution < -0.4 is 10.6 Å². The topological polar surface area (TPSA) is 47.8 Å². The Balaban J connectivity index is 2.65. The van der Waals surface area contributed by atoms with Crippen LogP contribution in [-0.4, -0.2) is 11.2 Å². The molecular weight excluding hydrogens is 206 g/mol. The van der Waals surface area contributed by atoms with Crippen LogP contribution in [-0.2, 0) is 0 Å². The van der Waals surface area contributed by atoms with Gasteiger partial charge in [-0.25, -0.2) is 0 Å². The first kappa shape index (κ1) is 11.5. The monoisotopic (exact) mass is 219 g/mol. The lowest BCUT2D eigenvalue weighted by Crippen LogP contribution is -2.33. The summed E-state index contributed by atoms with van der Waals surface area (Å²) in [6.07, 6.45) is 0. The molecule has 0 saturated carbocycles. The minimum Gasteiger partial charge on any atom is -0.360 e. The summed E-state index contributed by atoms with van der Waals surface area (Å²) in [5, 5.41) is 15.4. The fourth-order valence-corrected chi connectivity index (χ4v) is 1.45. The Labute approximate surface area is 95.1 Å². The van der Waals surface area contributed by atoms with Gasteiger partial charge in [-0.2, -0.15) is 5.26 Å². The van der Waals surface area contributed by atoms with E-state index in [1.165, 1.54) is 0 Å². The van der Waals surface area contributed by atoms with Gasteiger partial charge in [0.25, 0.3) is 0 Å². The van der Waals surface area contributed by atoms with Crippen molar-refractivity contribution in [2.45, 2.75) is 19.9 Å². The van der Waals surface area contributed by atoms with E-state index >= 15 is 0 Å². The molecule has 0 unspecified atom stereocenters. The Morgan fingerprint density at radius 3 is 2.80 bits per heavy atom. The molecule has 3 nitrogen and oxygen atoms in total. The lowest BCUT2D eigenvalue weighted by Gasteiger charge is -2.12. The fraction of sp³-hybridized carbons (Fsp3) is 0.273. The minimum absolute atomic E-state index is 0.296. The maximum absolute atomic E-state index is 8.72. The number of thiocarbonyl (C=S) groups is 1. The molecule has 0 atom stereocenters. The Morgan fingerprint density at radius 1 is 1.47 bits per heavy atom. The van der Waals surface area contributed by atoms with Crippen LogP contribution in [0.4, 0.5) is 5.69 Å². The number of hydrogen-bond donors (Lipinski definition) is 2. The first-order chi connectivity index (χ1) is 7.11. The maximum Gasteiger partial charge on any atom is 0.170 e. The molecule has 0 heterocycles. The molecule has 0 radical (unpaired) electrons. The van der Waals surface area contributed by atoms with Crippen molar-refractivity contribution in [3.63, 3.8) is 0 Å². The molecule has 0 bridgehead atoms. The first-order valence-corrected chi connectivity index (χ1v) is 5.10. The predicted octanol–water partition coefficient (Wildman–Crippen LogP) is 2.25. The van der Waals surface area contributed by atoms with Crippen molar-refractivity contribution in [2.75, 3.05) is 5.32 Å². The van der Waals surface area contributed by atoms with Gasteiger partial charge >= 0.3 is 0 Å². The van der Waals surface area contributed by atoms with Crippen LogP contribution in [0.1, 0.15) is 19.4 Å². The number of nitrogens with one attached hydrogen (secondary N) is 2. The van der Waals surface area contributed by atoms with Crippen molar-refractivity contribution >= 4 is 23.0 Å². The summed E-state index contributed by atoms with van der Waals surface area (Å²) in [6, 6.07) is 9.57. The summed E-state index contributed by atoms with van der Waals surface area (Å²) in [7, 11) is 0. The summed E-state index contributed by atoms with van der Waals surface area (Å²) in [6.45, 7) is 4.03. The normalized spacial score (nSPS) is 9.47. The molecule has 0 fully saturated rings. The number of anilines is 1. The molecular formula is C11H13N3S. The summed E-state index contributed by atoms with van der Waals surface area (Å²) < 4.78 is 0. The van der Waals surface area contributed by atoms with Crippen LogP contribution in [0.5, 0.6) is 0 Å². The third-order valence-corrected chi connectivity index (χ3v) is 1.89. The molecule has 0 spiro atoms. The van der Waals surface area contributed by atoms with Crippen LogP contribution in [0, 0.1) is 11.3 Å². The smallest absolute Gasteiger partial charge is 0.170 e. The highest BCUT2D eigenvalue weighted by Crippen LogP contribution is 2.09. The van der Waals surface area contributed by atoms with Gasteiger partial charge in [0.1, 0.15) is 0 Å². The van der Waals surface area contributed by atoms with E-state index in [0.29, 0.717) is 16.7 Å². The van der Waals surface area contributed by atoms with Gasteiger partial charge in [0.15, 0.2) is 5.11 Å². The van der Waals surface area contributed by atoms with Crippen LogP contribution in [0.15, 0.2) is 24.3 Å². The number of benzene rings is 1. The zero-order chi connectivity index (χ0) is 11.3. The predicted molar refractivity (Wildman–Crippen MR) is 65.6 cm³/mol. The largest absolute Gasteiger partial charge is 0.360 e. The second kappa shape index (κ2) is 5.32. The number of rotatable bonds is 2. The van der Waals surface area contributed by atoms with E-state index in [2.05, 4.69) is 16.7 Å². The molecule has 1 aromatic carbocycles. The summed E-state index contributed by atoms with van der Waals surface area (Å²) in [4.78, 5) is 0. The highest BCUT2D eigenvalue weighted by molar-refractivity contribution is 7.80. The molecule has 0 amide bonds. The van der Waals surface area contributed by atoms with Crippen molar-refractivity contribution in [1.82, 2.24) is 5.32 Å². The van der Waals surface area contributed by atoms with E-state index in [9.17, 15) is 0 Å². The summed E-state index contributed by atoms with van der Waals surface area (Å²) in [5.41, 5.74) is 1.44. The van der Waals surface area contributed by atoms with Gasteiger partial charge in [0, 0.05) is 11.7 Å². The quantitative estimate of drug-likeness (QED) is 0.749. The Bertz CT molecular complexity index is 393. The fourth-order valence-electron chi connectivity index (χ4n) is 1.10. The molecule has 2 N–H and O–H groups in total. The summed E-state index contributed by atoms with van der Waals surface area (Å²) in [5.74, 6) is 0. The Hall–Kier alpha value is -1.60. The average molecular weight is 219 g/mol. The minimum atomic E-state index is 0.296. The van der Waals surface area contributed by atoms with Gasteiger partial charge in [-0.05, 0) is 44.3 Å². The lowest BCUT2D eigenvalue weighted by atomic mass is 10.2. The second-order valence-corrected chi connectivity index (χ2v) is 3.85. The Morgan fingerprint density at radius 2 is 2.20 bits per heavy atom. The zero-order valence-electron chi connectivity index (χ0n) is 8.74. The molecule has 0 aliphatic carbocycles. The van der Waals surface area contributed by atoms with Crippen molar-refractivity contribution in [2.24, 2.45) is 0 Å². The zero-order valence-corrected chi connectivity index (χ0v) is 9.56. The van der Waals surface area contributed by atoms with E-state index in [1.807, 2.05) is 26.0 Å². The molecule has 1 aromatic rings. The van der Waals surface area contributed by atoms with E-state index < -0.39 is 0 Å². The molecule has 0 saturated heterocycles. The third kappa shape index (κ3) is 3.96. The maximum atomic E-state index is 8.72. The third-order valence-electron chi connectivity index (χ3n) is 1.67. The number of nitriles is 1. The molecule has 0 aliphatic heterocycles. The van der Waals surface area contributed by atoms with Gasteiger partial charge < -0.3 is 10.6 Å². The van der Waals surface area contributed by atoms with E-state index in [0.717, 1.165) is 5.69 Å². The van der Waals surface area contributed by atoms with E-state index in [-0.39, 0.29) is 0 Å². The van der Waals surface area contributed by atoms with Crippen molar-refractivity contribution < 1.29 is 0 Å². The van der Waals surface area contributed by atoms with Crippen LogP contribution in [0.3, 0.4) is 0 Å². The van der Waals surface area contributed by atoms with Gasteiger partial charge in [-0.15, -0.1) is 0 Å². The highest BCUT2D eigenvalue weighted by Gasteiger charge is 1.99. The summed E-state index contributed by atoms with van der Waals surface area (Å²) >= 11 is 5.09. The number of hydrogen-bond acceptors (Lipinski definition) is 2. The second-order valence-electron chi connectivity index (χ2n) is 3.45. The first-order valence-electron chi connectivity index (χ1n) is 4.69. The van der Waals surface area contributed by atoms with Crippen molar-refractivity contribution in [1.29, 1.82) is 5.26 Å². The van der Waals surface area contributed by atoms with Crippen molar-refractivity contribution in [3.05, 3.63) is 29.8 Å². The molecule has 1 rings (SSSR count). The molecule has 15 heavy (non-hydrogen) atoms. The van der Waals surface area contributed by atoms with Gasteiger partial charge in [-0.1, -0.05) is 6.07 Å². The molecule has 0 aliphatic rings. The molecule has 4 heteroatoms. The Kier molecular flexibility index (Phi) is 4.07. The van der Waals surface area contributed by atoms with Gasteiger partial charge in [-0.3, -0.25) is 0 Å². The van der Waals surface area contributed by atoms with Crippen LogP contribution >= 0.6 is 12.2 Å². The standard InChI is InChI=1S/C11H13N3S/c1-8(2)13-11(15)14-10-5-3-4-9(6-10)7-12/h3-6,8H,1-2H3,(H2,13,14,15). The van der Waals surface area contributed by atoms with Crippen LogP contribution in [0.25, 0.3) is 0 Å². The average Bonchev–Trinajstić information content (AvgIpc) is 2.16. The van der Waals surface area contributed by atoms with Crippen molar-refractivity contribution in [3.8, 4) is 6.07 Å². The highest BCUT2D eigenvalue weighted by atomic mass is 32.1. The SMILES string of the molecule is CC(C)NC(=S)Nc1cccc(C#N)c1. The molecule has 0 aromatic heterocycles. The van der Waals surface area contributed by atoms with Gasteiger partial charge in [0.05, 0.1) is 11.6 Å². The molecule has 78 valence electrons. The van der Waals surface area contributed by atoms with E-state index in [4.69, 9.17) is 17.5 Å². The van der Waals surface area contributed by atoms with Gasteiger partial charge in [0.2, 0.25) is 0 Å².